The van der Waals surface area contributed by atoms with Crippen molar-refractivity contribution in [2.45, 2.75) is 13.5 Å². The number of thiazole rings is 1. The van der Waals surface area contributed by atoms with Gasteiger partial charge in [0, 0.05) is 22.1 Å². The number of hydrogen-bond acceptors (Lipinski definition) is 6. The van der Waals surface area contributed by atoms with Gasteiger partial charge in [-0.15, -0.1) is 11.3 Å². The van der Waals surface area contributed by atoms with Crippen LogP contribution in [0.15, 0.2) is 46.3 Å². The number of anilines is 1. The lowest BCUT2D eigenvalue weighted by Crippen LogP contribution is -2.30. The molecule has 0 saturated carbocycles. The van der Waals surface area contributed by atoms with Gasteiger partial charge in [0.1, 0.15) is 16.6 Å². The Morgan fingerprint density at radius 1 is 1.29 bits per heavy atom. The molecule has 6 nitrogen and oxygen atoms in total. The number of likely N-dealkylation sites (N-methyl/N-ethyl adjacent to an activating group) is 1. The molecule has 2 heterocycles. The summed E-state index contributed by atoms with van der Waals surface area (Å²) in [5, 5.41) is 5.71. The van der Waals surface area contributed by atoms with E-state index in [1.165, 1.54) is 0 Å². The number of halogens is 1. The second kappa shape index (κ2) is 9.27. The molecular weight excluding hydrogens is 440 g/mol. The molecular formula is C20H21BrN4O2S. The zero-order chi connectivity index (χ0) is 20.1. The van der Waals surface area contributed by atoms with Gasteiger partial charge in [0.15, 0.2) is 0 Å². The summed E-state index contributed by atoms with van der Waals surface area (Å²) in [6, 6.07) is 11.4. The topological polar surface area (TPSA) is 67.3 Å². The van der Waals surface area contributed by atoms with Gasteiger partial charge in [-0.2, -0.15) is 0 Å². The van der Waals surface area contributed by atoms with Gasteiger partial charge in [0.25, 0.3) is 0 Å². The Kier molecular flexibility index (Phi) is 6.77. The predicted octanol–water partition coefficient (Wildman–Crippen LogP) is 4.36. The molecule has 1 N–H and O–H groups in total. The molecule has 3 rings (SSSR count). The third-order valence-corrected chi connectivity index (χ3v) is 5.36. The van der Waals surface area contributed by atoms with Gasteiger partial charge in [0.05, 0.1) is 24.9 Å². The molecule has 0 radical (unpaired) electrons. The third kappa shape index (κ3) is 5.37. The van der Waals surface area contributed by atoms with Crippen molar-refractivity contribution in [3.05, 3.63) is 57.6 Å². The number of nitrogens with one attached hydrogen (secondary N) is 1. The largest absolute Gasteiger partial charge is 0.496 e. The maximum absolute atomic E-state index is 12.2. The van der Waals surface area contributed by atoms with Crippen LogP contribution < -0.4 is 10.1 Å². The molecule has 146 valence electrons. The second-order valence-corrected chi connectivity index (χ2v) is 8.15. The first-order chi connectivity index (χ1) is 13.4. The summed E-state index contributed by atoms with van der Waals surface area (Å²) in [4.78, 5) is 23.2. The fraction of sp³-hybridized carbons (Fsp3) is 0.250. The molecule has 28 heavy (non-hydrogen) atoms. The summed E-state index contributed by atoms with van der Waals surface area (Å²) < 4.78 is 6.41. The lowest BCUT2D eigenvalue weighted by molar-refractivity contribution is -0.117. The van der Waals surface area contributed by atoms with Crippen molar-refractivity contribution in [2.75, 3.05) is 26.0 Å². The number of aryl methyl sites for hydroxylation is 1. The maximum Gasteiger partial charge on any atom is 0.239 e. The highest BCUT2D eigenvalue weighted by Gasteiger charge is 2.14. The molecule has 0 aliphatic rings. The van der Waals surface area contributed by atoms with Crippen molar-refractivity contribution in [3.8, 4) is 16.3 Å². The minimum absolute atomic E-state index is 0.107. The summed E-state index contributed by atoms with van der Waals surface area (Å²) in [6.07, 6.45) is 0. The van der Waals surface area contributed by atoms with Gasteiger partial charge in [-0.1, -0.05) is 22.0 Å². The van der Waals surface area contributed by atoms with Crippen LogP contribution >= 0.6 is 27.3 Å². The SMILES string of the molecule is COc1ccc(Br)cc1-c1nc(CN(C)CC(=O)Nc2cccc(C)n2)cs1. The summed E-state index contributed by atoms with van der Waals surface area (Å²) in [6.45, 7) is 2.71. The van der Waals surface area contributed by atoms with E-state index < -0.39 is 0 Å². The third-order valence-electron chi connectivity index (χ3n) is 3.94. The van der Waals surface area contributed by atoms with Crippen molar-refractivity contribution in [3.63, 3.8) is 0 Å². The lowest BCUT2D eigenvalue weighted by Gasteiger charge is -2.14. The van der Waals surface area contributed by atoms with E-state index in [9.17, 15) is 4.79 Å². The van der Waals surface area contributed by atoms with Crippen molar-refractivity contribution < 1.29 is 9.53 Å². The van der Waals surface area contributed by atoms with Gasteiger partial charge in [-0.25, -0.2) is 9.97 Å². The number of benzene rings is 1. The average molecular weight is 461 g/mol. The van der Waals surface area contributed by atoms with E-state index in [0.29, 0.717) is 12.4 Å². The van der Waals surface area contributed by atoms with Crippen LogP contribution in [0.3, 0.4) is 0 Å². The summed E-state index contributed by atoms with van der Waals surface area (Å²) >= 11 is 5.05. The van der Waals surface area contributed by atoms with Crippen LogP contribution in [0.5, 0.6) is 5.75 Å². The number of ether oxygens (including phenoxy) is 1. The van der Waals surface area contributed by atoms with E-state index in [-0.39, 0.29) is 12.5 Å². The lowest BCUT2D eigenvalue weighted by atomic mass is 10.2. The summed E-state index contributed by atoms with van der Waals surface area (Å²) in [5.74, 6) is 1.24. The van der Waals surface area contributed by atoms with Crippen LogP contribution in [-0.2, 0) is 11.3 Å². The summed E-state index contributed by atoms with van der Waals surface area (Å²) in [7, 11) is 3.54. The van der Waals surface area contributed by atoms with Crippen molar-refractivity contribution in [1.82, 2.24) is 14.9 Å². The zero-order valence-electron chi connectivity index (χ0n) is 15.9. The van der Waals surface area contributed by atoms with E-state index in [1.807, 2.05) is 54.6 Å². The summed E-state index contributed by atoms with van der Waals surface area (Å²) in [5.41, 5.74) is 2.72. The van der Waals surface area contributed by atoms with E-state index in [2.05, 4.69) is 26.2 Å². The number of methoxy groups -OCH3 is 1. The number of rotatable bonds is 7. The highest BCUT2D eigenvalue weighted by atomic mass is 79.9. The molecule has 1 aromatic carbocycles. The molecule has 0 aliphatic heterocycles. The Labute approximate surface area is 176 Å². The van der Waals surface area contributed by atoms with Gasteiger partial charge >= 0.3 is 0 Å². The number of carbonyl (C=O) groups excluding carboxylic acids is 1. The fourth-order valence-corrected chi connectivity index (χ4v) is 3.92. The van der Waals surface area contributed by atoms with Crippen LogP contribution in [0.4, 0.5) is 5.82 Å². The number of carbonyl (C=O) groups is 1. The van der Waals surface area contributed by atoms with Gasteiger partial charge in [-0.3, -0.25) is 9.69 Å². The van der Waals surface area contributed by atoms with Gasteiger partial charge in [-0.05, 0) is 44.3 Å². The van der Waals surface area contributed by atoms with E-state index >= 15 is 0 Å². The second-order valence-electron chi connectivity index (χ2n) is 6.37. The van der Waals surface area contributed by atoms with Crippen molar-refractivity contribution in [1.29, 1.82) is 0 Å². The molecule has 8 heteroatoms. The van der Waals surface area contributed by atoms with E-state index in [0.717, 1.165) is 32.2 Å². The molecule has 0 unspecified atom stereocenters. The average Bonchev–Trinajstić information content (AvgIpc) is 3.09. The zero-order valence-corrected chi connectivity index (χ0v) is 18.3. The number of amides is 1. The van der Waals surface area contributed by atoms with Gasteiger partial charge in [0.2, 0.25) is 5.91 Å². The highest BCUT2D eigenvalue weighted by Crippen LogP contribution is 2.34. The predicted molar refractivity (Wildman–Crippen MR) is 116 cm³/mol. The minimum atomic E-state index is -0.107. The van der Waals surface area contributed by atoms with Crippen molar-refractivity contribution in [2.24, 2.45) is 0 Å². The van der Waals surface area contributed by atoms with Crippen LogP contribution in [0.1, 0.15) is 11.4 Å². The highest BCUT2D eigenvalue weighted by molar-refractivity contribution is 9.10. The van der Waals surface area contributed by atoms with Crippen molar-refractivity contribution >= 4 is 39.0 Å². The normalized spacial score (nSPS) is 10.9. The Hall–Kier alpha value is -2.29. The number of nitrogens with zero attached hydrogens (tertiary/aromatic N) is 3. The first-order valence-electron chi connectivity index (χ1n) is 8.65. The molecule has 0 fully saturated rings. The molecule has 2 aromatic heterocycles. The van der Waals surface area contributed by atoms with Crippen LogP contribution in [0.2, 0.25) is 0 Å². The Morgan fingerprint density at radius 3 is 2.86 bits per heavy atom. The van der Waals surface area contributed by atoms with Crippen LogP contribution in [0, 0.1) is 6.92 Å². The van der Waals surface area contributed by atoms with Crippen LogP contribution in [0.25, 0.3) is 10.6 Å². The molecule has 0 atom stereocenters. The fourth-order valence-electron chi connectivity index (χ4n) is 2.72. The molecule has 1 amide bonds. The van der Waals surface area contributed by atoms with Crippen LogP contribution in [-0.4, -0.2) is 41.5 Å². The first-order valence-corrected chi connectivity index (χ1v) is 10.3. The number of hydrogen-bond donors (Lipinski definition) is 1. The van der Waals surface area contributed by atoms with E-state index in [1.54, 1.807) is 24.5 Å². The number of pyridine rings is 1. The molecule has 0 bridgehead atoms. The van der Waals surface area contributed by atoms with E-state index in [4.69, 9.17) is 9.72 Å². The minimum Gasteiger partial charge on any atom is -0.496 e. The Morgan fingerprint density at radius 2 is 2.11 bits per heavy atom. The standard InChI is InChI=1S/C20H21BrN4O2S/c1-13-5-4-6-18(22-13)24-19(26)11-25(2)10-15-12-28-20(23-15)16-9-14(21)7-8-17(16)27-3/h4-9,12H,10-11H2,1-3H3,(H,22,24,26). The Bertz CT molecular complexity index is 976. The maximum atomic E-state index is 12.2. The first kappa shape index (κ1) is 20.4. The van der Waals surface area contributed by atoms with Gasteiger partial charge < -0.3 is 10.1 Å². The quantitative estimate of drug-likeness (QED) is 0.567. The number of aromatic nitrogens is 2. The molecule has 0 saturated heterocycles. The molecule has 0 aliphatic carbocycles. The Balaban J connectivity index is 1.62. The molecule has 0 spiro atoms. The molecule has 3 aromatic rings. The monoisotopic (exact) mass is 460 g/mol. The smallest absolute Gasteiger partial charge is 0.239 e.